The van der Waals surface area contributed by atoms with Crippen LogP contribution in [0.2, 0.25) is 0 Å². The van der Waals surface area contributed by atoms with Crippen LogP contribution in [0.25, 0.3) is 0 Å². The monoisotopic (exact) mass is 504 g/mol. The summed E-state index contributed by atoms with van der Waals surface area (Å²) in [7, 11) is 0. The first kappa shape index (κ1) is 26.6. The van der Waals surface area contributed by atoms with Gasteiger partial charge in [0, 0.05) is 11.3 Å². The molecule has 0 heterocycles. The molecule has 12 atom stereocenters. The van der Waals surface area contributed by atoms with Crippen LogP contribution < -0.4 is 0 Å². The highest BCUT2D eigenvalue weighted by Gasteiger charge is 2.70. The van der Waals surface area contributed by atoms with Crippen molar-refractivity contribution < 1.29 is 30.3 Å². The molecule has 6 nitrogen and oxygen atoms in total. The highest BCUT2D eigenvalue weighted by molar-refractivity contribution is 5.75. The van der Waals surface area contributed by atoms with E-state index < -0.39 is 35.1 Å². The summed E-state index contributed by atoms with van der Waals surface area (Å²) in [5, 5.41) is 54.1. The number of hydrogen-bond donors (Lipinski definition) is 5. The summed E-state index contributed by atoms with van der Waals surface area (Å²) < 4.78 is 0. The SMILES string of the molecule is C[C@]12CC[C@](C)(C(=O)O)[C@@H](O)[C@H]1C1=CC[C@@H]3[C@@]4(C)C[C@@H](O)[C@H](O)[C@](C)(CO)[C@@H]4CC[C@@]3(C)[C@]1(C)CC2. The normalized spacial score (nSPS) is 58.6. The minimum absolute atomic E-state index is 0.0845. The molecular formula is C30H48O6. The number of rotatable bonds is 2. The third-order valence-corrected chi connectivity index (χ3v) is 13.6. The minimum atomic E-state index is -1.14. The standard InChI is InChI=1S/C30H48O6/c1-25-11-13-26(2,24(35)36)23(34)21(25)17-7-8-20-27(3)15-18(32)22(33)28(4,16-31)19(27)9-10-30(20,6)29(17,5)14-12-25/h7,18-23,31-34H,8-16H2,1-6H3,(H,35,36)/t18-,19-,20-,21-,22+,23+,25-,26+,27+,28-,29-,30-/m1/s1. The van der Waals surface area contributed by atoms with E-state index in [1.165, 1.54) is 5.57 Å². The topological polar surface area (TPSA) is 118 Å². The molecule has 5 aliphatic carbocycles. The number of carbonyl (C=O) groups is 1. The van der Waals surface area contributed by atoms with Crippen LogP contribution in [-0.4, -0.2) is 56.4 Å². The van der Waals surface area contributed by atoms with Gasteiger partial charge in [-0.25, -0.2) is 0 Å². The highest BCUT2D eigenvalue weighted by atomic mass is 16.4. The second-order valence-electron chi connectivity index (χ2n) is 15.0. The summed E-state index contributed by atoms with van der Waals surface area (Å²) in [5.74, 6) is -0.706. The summed E-state index contributed by atoms with van der Waals surface area (Å²) in [6.07, 6.45) is 6.09. The molecule has 5 N–H and O–H groups in total. The van der Waals surface area contributed by atoms with Gasteiger partial charge in [0.1, 0.15) is 0 Å². The Hall–Kier alpha value is -0.950. The molecule has 0 aliphatic heterocycles. The molecule has 5 aliphatic rings. The number of carboxylic acid groups (broad SMARTS) is 1. The first-order chi connectivity index (χ1) is 16.5. The molecule has 0 aromatic heterocycles. The fourth-order valence-corrected chi connectivity index (χ4v) is 10.8. The lowest BCUT2D eigenvalue weighted by Crippen LogP contribution is -2.68. The Bertz CT molecular complexity index is 978. The molecule has 0 saturated heterocycles. The first-order valence-electron chi connectivity index (χ1n) is 14.1. The zero-order chi connectivity index (χ0) is 26.7. The molecule has 4 saturated carbocycles. The Balaban J connectivity index is 1.61. The van der Waals surface area contributed by atoms with Crippen LogP contribution in [0.3, 0.4) is 0 Å². The van der Waals surface area contributed by atoms with Crippen LogP contribution in [0.5, 0.6) is 0 Å². The van der Waals surface area contributed by atoms with E-state index in [0.29, 0.717) is 12.8 Å². The first-order valence-corrected chi connectivity index (χ1v) is 14.1. The van der Waals surface area contributed by atoms with Crippen LogP contribution in [0.4, 0.5) is 0 Å². The Kier molecular flexibility index (Phi) is 5.77. The Morgan fingerprint density at radius 1 is 0.917 bits per heavy atom. The van der Waals surface area contributed by atoms with E-state index in [0.717, 1.165) is 38.5 Å². The van der Waals surface area contributed by atoms with E-state index in [-0.39, 0.29) is 46.0 Å². The quantitative estimate of drug-likeness (QED) is 0.361. The van der Waals surface area contributed by atoms with Crippen LogP contribution >= 0.6 is 0 Å². The average molecular weight is 505 g/mol. The van der Waals surface area contributed by atoms with Gasteiger partial charge in [-0.1, -0.05) is 46.3 Å². The Labute approximate surface area is 216 Å². The number of aliphatic carboxylic acids is 1. The number of allylic oxidation sites excluding steroid dienone is 1. The van der Waals surface area contributed by atoms with Gasteiger partial charge in [0.2, 0.25) is 0 Å². The third kappa shape index (κ3) is 2.96. The number of aliphatic hydroxyl groups excluding tert-OH is 4. The molecule has 6 heteroatoms. The maximum absolute atomic E-state index is 12.3. The van der Waals surface area contributed by atoms with Crippen molar-refractivity contribution in [2.45, 2.75) is 111 Å². The van der Waals surface area contributed by atoms with E-state index >= 15 is 0 Å². The molecule has 4 fully saturated rings. The number of fused-ring (bicyclic) bond motifs is 7. The molecule has 0 bridgehead atoms. The zero-order valence-corrected chi connectivity index (χ0v) is 23.0. The predicted molar refractivity (Wildman–Crippen MR) is 137 cm³/mol. The lowest BCUT2D eigenvalue weighted by atomic mass is 9.33. The lowest BCUT2D eigenvalue weighted by Gasteiger charge is -2.72. The summed E-state index contributed by atoms with van der Waals surface area (Å²) in [4.78, 5) is 12.3. The number of aliphatic hydroxyl groups is 4. The Morgan fingerprint density at radius 3 is 2.17 bits per heavy atom. The van der Waals surface area contributed by atoms with Crippen molar-refractivity contribution in [2.24, 2.45) is 50.2 Å². The van der Waals surface area contributed by atoms with Gasteiger partial charge in [-0.3, -0.25) is 4.79 Å². The molecule has 36 heavy (non-hydrogen) atoms. The lowest BCUT2D eigenvalue weighted by molar-refractivity contribution is -0.245. The van der Waals surface area contributed by atoms with E-state index in [9.17, 15) is 30.3 Å². The van der Waals surface area contributed by atoms with Gasteiger partial charge < -0.3 is 25.5 Å². The van der Waals surface area contributed by atoms with E-state index in [1.54, 1.807) is 6.92 Å². The van der Waals surface area contributed by atoms with Crippen molar-refractivity contribution in [3.63, 3.8) is 0 Å². The molecule has 5 rings (SSSR count). The fourth-order valence-electron chi connectivity index (χ4n) is 10.8. The molecule has 204 valence electrons. The van der Waals surface area contributed by atoms with Crippen molar-refractivity contribution >= 4 is 5.97 Å². The van der Waals surface area contributed by atoms with Crippen molar-refractivity contribution in [1.29, 1.82) is 0 Å². The van der Waals surface area contributed by atoms with Crippen molar-refractivity contribution in [1.82, 2.24) is 0 Å². The largest absolute Gasteiger partial charge is 0.481 e. The Morgan fingerprint density at radius 2 is 1.56 bits per heavy atom. The molecule has 0 amide bonds. The third-order valence-electron chi connectivity index (χ3n) is 13.6. The van der Waals surface area contributed by atoms with Gasteiger partial charge >= 0.3 is 5.97 Å². The minimum Gasteiger partial charge on any atom is -0.481 e. The summed E-state index contributed by atoms with van der Waals surface area (Å²) in [6.45, 7) is 12.8. The molecule has 0 spiro atoms. The molecule has 0 aromatic carbocycles. The maximum Gasteiger partial charge on any atom is 0.312 e. The predicted octanol–water partition coefficient (Wildman–Crippen LogP) is 4.15. The smallest absolute Gasteiger partial charge is 0.312 e. The maximum atomic E-state index is 12.3. The summed E-state index contributed by atoms with van der Waals surface area (Å²) in [6, 6.07) is 0. The van der Waals surface area contributed by atoms with Crippen LogP contribution in [0.15, 0.2) is 11.6 Å². The molecular weight excluding hydrogens is 456 g/mol. The number of hydrogen-bond acceptors (Lipinski definition) is 5. The highest BCUT2D eigenvalue weighted by Crippen LogP contribution is 2.75. The van der Waals surface area contributed by atoms with Gasteiger partial charge in [0.15, 0.2) is 0 Å². The molecule has 0 radical (unpaired) electrons. The fraction of sp³-hybridized carbons (Fsp3) is 0.900. The van der Waals surface area contributed by atoms with E-state index in [1.807, 2.05) is 6.92 Å². The van der Waals surface area contributed by atoms with Crippen LogP contribution in [0, 0.1) is 50.2 Å². The van der Waals surface area contributed by atoms with Gasteiger partial charge in [0.25, 0.3) is 0 Å². The van der Waals surface area contributed by atoms with Crippen molar-refractivity contribution in [3.8, 4) is 0 Å². The summed E-state index contributed by atoms with van der Waals surface area (Å²) in [5.41, 5.74) is -1.23. The van der Waals surface area contributed by atoms with Crippen molar-refractivity contribution in [2.75, 3.05) is 6.61 Å². The van der Waals surface area contributed by atoms with Gasteiger partial charge in [0.05, 0.1) is 30.3 Å². The van der Waals surface area contributed by atoms with E-state index in [4.69, 9.17) is 0 Å². The van der Waals surface area contributed by atoms with Gasteiger partial charge in [-0.15, -0.1) is 0 Å². The van der Waals surface area contributed by atoms with Gasteiger partial charge in [-0.2, -0.15) is 0 Å². The van der Waals surface area contributed by atoms with Crippen LogP contribution in [-0.2, 0) is 4.79 Å². The molecule has 0 aromatic rings. The zero-order valence-electron chi connectivity index (χ0n) is 23.0. The van der Waals surface area contributed by atoms with Crippen molar-refractivity contribution in [3.05, 3.63) is 11.6 Å². The second-order valence-corrected chi connectivity index (χ2v) is 15.0. The van der Waals surface area contributed by atoms with Crippen LogP contribution in [0.1, 0.15) is 92.9 Å². The average Bonchev–Trinajstić information content (AvgIpc) is 2.81. The number of carboxylic acids is 1. The van der Waals surface area contributed by atoms with Gasteiger partial charge in [-0.05, 0) is 91.8 Å². The summed E-state index contributed by atoms with van der Waals surface area (Å²) >= 11 is 0. The molecule has 0 unspecified atom stereocenters. The van der Waals surface area contributed by atoms with E-state index in [2.05, 4.69) is 33.8 Å². The second kappa shape index (κ2) is 7.80.